The molecule has 0 amide bonds. The summed E-state index contributed by atoms with van der Waals surface area (Å²) in [5.41, 5.74) is 1.66. The summed E-state index contributed by atoms with van der Waals surface area (Å²) in [6.07, 6.45) is -0.116. The van der Waals surface area contributed by atoms with E-state index in [0.29, 0.717) is 16.6 Å². The van der Waals surface area contributed by atoms with E-state index in [2.05, 4.69) is 10.3 Å². The lowest BCUT2D eigenvalue weighted by Crippen LogP contribution is -2.23. The number of para-hydroxylation sites is 1. The SMILES string of the molecule is Cl.O=C1CC(=O)n2nnc3cccc1c32. The maximum atomic E-state index is 11.5. The highest BCUT2D eigenvalue weighted by molar-refractivity contribution is 6.18. The molecule has 76 valence electrons. The van der Waals surface area contributed by atoms with Gasteiger partial charge in [-0.15, -0.1) is 17.5 Å². The molecule has 6 heteroatoms. The molecule has 1 aliphatic heterocycles. The average molecular weight is 224 g/mol. The predicted octanol–water partition coefficient (Wildman–Crippen LogP) is 1.08. The first kappa shape index (κ1) is 9.79. The van der Waals surface area contributed by atoms with Crippen LogP contribution in [-0.2, 0) is 0 Å². The van der Waals surface area contributed by atoms with Crippen LogP contribution in [0.15, 0.2) is 18.2 Å². The molecule has 5 nitrogen and oxygen atoms in total. The molecule has 3 rings (SSSR count). The topological polar surface area (TPSA) is 64.8 Å². The van der Waals surface area contributed by atoms with Gasteiger partial charge in [-0.3, -0.25) is 9.59 Å². The number of carbonyl (C=O) groups excluding carboxylic acids is 2. The highest BCUT2D eigenvalue weighted by atomic mass is 35.5. The Morgan fingerprint density at radius 2 is 2.07 bits per heavy atom. The summed E-state index contributed by atoms with van der Waals surface area (Å²) in [4.78, 5) is 22.9. The van der Waals surface area contributed by atoms with Crippen LogP contribution in [-0.4, -0.2) is 26.7 Å². The Morgan fingerprint density at radius 3 is 2.87 bits per heavy atom. The molecular weight excluding hydrogens is 218 g/mol. The largest absolute Gasteiger partial charge is 0.294 e. The molecule has 0 saturated carbocycles. The Balaban J connectivity index is 0.000000853. The molecule has 0 saturated heterocycles. The van der Waals surface area contributed by atoms with Gasteiger partial charge in [0.25, 0.3) is 5.91 Å². The van der Waals surface area contributed by atoms with E-state index in [1.54, 1.807) is 18.2 Å². The van der Waals surface area contributed by atoms with Crippen LogP contribution in [0.3, 0.4) is 0 Å². The van der Waals surface area contributed by atoms with Gasteiger partial charge in [-0.2, -0.15) is 4.68 Å². The summed E-state index contributed by atoms with van der Waals surface area (Å²) in [5.74, 6) is -0.466. The number of rotatable bonds is 0. The Labute approximate surface area is 90.5 Å². The van der Waals surface area contributed by atoms with Crippen molar-refractivity contribution >= 4 is 35.1 Å². The third kappa shape index (κ3) is 1.16. The van der Waals surface area contributed by atoms with E-state index in [9.17, 15) is 9.59 Å². The molecule has 0 bridgehead atoms. The van der Waals surface area contributed by atoms with E-state index in [4.69, 9.17) is 0 Å². The molecule has 0 unspecified atom stereocenters. The lowest BCUT2D eigenvalue weighted by Gasteiger charge is -2.09. The second kappa shape index (κ2) is 3.13. The van der Waals surface area contributed by atoms with Crippen molar-refractivity contribution in [2.24, 2.45) is 0 Å². The fraction of sp³-hybridized carbons (Fsp3) is 0.111. The summed E-state index contributed by atoms with van der Waals surface area (Å²) in [7, 11) is 0. The first-order valence-electron chi connectivity index (χ1n) is 4.18. The Bertz CT molecular complexity index is 576. The Hall–Kier alpha value is -1.75. The van der Waals surface area contributed by atoms with Gasteiger partial charge in [0.2, 0.25) is 0 Å². The molecule has 0 spiro atoms. The van der Waals surface area contributed by atoms with Crippen molar-refractivity contribution in [3.05, 3.63) is 23.8 Å². The number of carbonyl (C=O) groups is 2. The molecule has 0 atom stereocenters. The maximum absolute atomic E-state index is 11.5. The van der Waals surface area contributed by atoms with Crippen LogP contribution < -0.4 is 0 Å². The van der Waals surface area contributed by atoms with Gasteiger partial charge in [-0.1, -0.05) is 11.3 Å². The van der Waals surface area contributed by atoms with Crippen LogP contribution in [0, 0.1) is 0 Å². The molecule has 0 N–H and O–H groups in total. The zero-order valence-electron chi connectivity index (χ0n) is 7.51. The lowest BCUT2D eigenvalue weighted by atomic mass is 10.0. The Morgan fingerprint density at radius 1 is 1.27 bits per heavy atom. The molecule has 2 heterocycles. The van der Waals surface area contributed by atoms with Crippen LogP contribution >= 0.6 is 12.4 Å². The maximum Gasteiger partial charge on any atom is 0.256 e. The van der Waals surface area contributed by atoms with Crippen LogP contribution in [0.4, 0.5) is 0 Å². The summed E-state index contributed by atoms with van der Waals surface area (Å²) in [5, 5.41) is 7.52. The predicted molar refractivity (Wildman–Crippen MR) is 54.4 cm³/mol. The van der Waals surface area contributed by atoms with Crippen molar-refractivity contribution in [2.75, 3.05) is 0 Å². The van der Waals surface area contributed by atoms with Crippen LogP contribution in [0.1, 0.15) is 21.6 Å². The van der Waals surface area contributed by atoms with Crippen LogP contribution in [0.2, 0.25) is 0 Å². The van der Waals surface area contributed by atoms with Gasteiger partial charge >= 0.3 is 0 Å². The smallest absolute Gasteiger partial charge is 0.256 e. The van der Waals surface area contributed by atoms with Gasteiger partial charge < -0.3 is 0 Å². The molecule has 15 heavy (non-hydrogen) atoms. The fourth-order valence-corrected chi connectivity index (χ4v) is 1.68. The van der Waals surface area contributed by atoms with Crippen molar-refractivity contribution < 1.29 is 9.59 Å². The average Bonchev–Trinajstić information content (AvgIpc) is 2.59. The highest BCUT2D eigenvalue weighted by Gasteiger charge is 2.26. The summed E-state index contributed by atoms with van der Waals surface area (Å²) < 4.78 is 1.20. The van der Waals surface area contributed by atoms with Gasteiger partial charge in [0.05, 0.1) is 6.42 Å². The van der Waals surface area contributed by atoms with Gasteiger partial charge in [0.1, 0.15) is 11.0 Å². The molecule has 2 aromatic rings. The minimum absolute atomic E-state index is 0. The molecular formula is C9H6ClN3O2. The quantitative estimate of drug-likeness (QED) is 0.627. The van der Waals surface area contributed by atoms with E-state index in [0.717, 1.165) is 0 Å². The second-order valence-corrected chi connectivity index (χ2v) is 3.17. The monoisotopic (exact) mass is 223 g/mol. The molecule has 1 aliphatic rings. The van der Waals surface area contributed by atoms with E-state index in [1.807, 2.05) is 0 Å². The van der Waals surface area contributed by atoms with Crippen molar-refractivity contribution in [3.8, 4) is 0 Å². The van der Waals surface area contributed by atoms with Crippen molar-refractivity contribution in [1.82, 2.24) is 15.0 Å². The van der Waals surface area contributed by atoms with Crippen LogP contribution in [0.5, 0.6) is 0 Å². The number of hydrogen-bond acceptors (Lipinski definition) is 4. The van der Waals surface area contributed by atoms with E-state index >= 15 is 0 Å². The third-order valence-electron chi connectivity index (χ3n) is 2.32. The first-order valence-corrected chi connectivity index (χ1v) is 4.18. The summed E-state index contributed by atoms with van der Waals surface area (Å²) in [6, 6.07) is 5.16. The first-order chi connectivity index (χ1) is 6.77. The lowest BCUT2D eigenvalue weighted by molar-refractivity contribution is 0.0823. The van der Waals surface area contributed by atoms with E-state index in [1.165, 1.54) is 4.68 Å². The molecule has 0 radical (unpaired) electrons. The minimum Gasteiger partial charge on any atom is -0.294 e. The zero-order valence-corrected chi connectivity index (χ0v) is 8.32. The standard InChI is InChI=1S/C9H5N3O2.ClH/c13-7-4-8(14)12-9-5(7)2-1-3-6(9)10-11-12;/h1-3H,4H2;1H. The van der Waals surface area contributed by atoms with Gasteiger partial charge in [0, 0.05) is 5.56 Å². The fourth-order valence-electron chi connectivity index (χ4n) is 1.68. The number of halogens is 1. The number of nitrogens with zero attached hydrogens (tertiary/aromatic N) is 3. The molecule has 1 aromatic heterocycles. The minimum atomic E-state index is -0.309. The zero-order chi connectivity index (χ0) is 9.71. The summed E-state index contributed by atoms with van der Waals surface area (Å²) >= 11 is 0. The van der Waals surface area contributed by atoms with E-state index in [-0.39, 0.29) is 30.5 Å². The van der Waals surface area contributed by atoms with Crippen molar-refractivity contribution in [2.45, 2.75) is 6.42 Å². The molecule has 1 aromatic carbocycles. The molecule has 0 aliphatic carbocycles. The highest BCUT2D eigenvalue weighted by Crippen LogP contribution is 2.22. The Kier molecular flexibility index (Phi) is 2.04. The normalized spacial score (nSPS) is 14.1. The number of hydrogen-bond donors (Lipinski definition) is 0. The van der Waals surface area contributed by atoms with Crippen molar-refractivity contribution in [3.63, 3.8) is 0 Å². The van der Waals surface area contributed by atoms with Crippen LogP contribution in [0.25, 0.3) is 11.0 Å². The number of benzene rings is 1. The number of ketones is 1. The summed E-state index contributed by atoms with van der Waals surface area (Å²) in [6.45, 7) is 0. The van der Waals surface area contributed by atoms with Gasteiger partial charge in [0.15, 0.2) is 5.78 Å². The van der Waals surface area contributed by atoms with Gasteiger partial charge in [-0.25, -0.2) is 0 Å². The molecule has 0 fully saturated rings. The number of Topliss-reactive ketones (excluding diaryl/α,β-unsaturated/α-hetero) is 1. The van der Waals surface area contributed by atoms with Crippen molar-refractivity contribution in [1.29, 1.82) is 0 Å². The van der Waals surface area contributed by atoms with Gasteiger partial charge in [-0.05, 0) is 12.1 Å². The van der Waals surface area contributed by atoms with E-state index < -0.39 is 0 Å². The second-order valence-electron chi connectivity index (χ2n) is 3.17. The number of aromatic nitrogens is 3. The third-order valence-corrected chi connectivity index (χ3v) is 2.32.